The predicted octanol–water partition coefficient (Wildman–Crippen LogP) is 2.09. The molecule has 0 spiro atoms. The second-order valence-electron chi connectivity index (χ2n) is 7.15. The van der Waals surface area contributed by atoms with Crippen LogP contribution in [-0.4, -0.2) is 59.3 Å². The molecule has 0 aliphatic carbocycles. The summed E-state index contributed by atoms with van der Waals surface area (Å²) in [6.07, 6.45) is 1.75. The van der Waals surface area contributed by atoms with E-state index in [0.29, 0.717) is 13.1 Å². The Bertz CT molecular complexity index is 809. The molecule has 27 heavy (non-hydrogen) atoms. The zero-order valence-corrected chi connectivity index (χ0v) is 16.1. The van der Waals surface area contributed by atoms with E-state index in [4.69, 9.17) is 0 Å². The van der Waals surface area contributed by atoms with Crippen LogP contribution in [0.4, 0.5) is 5.69 Å². The van der Waals surface area contributed by atoms with Crippen LogP contribution >= 0.6 is 0 Å². The van der Waals surface area contributed by atoms with Crippen LogP contribution in [0.25, 0.3) is 0 Å². The number of piperazine rings is 1. The van der Waals surface area contributed by atoms with Crippen LogP contribution in [0.2, 0.25) is 0 Å². The number of amides is 2. The van der Waals surface area contributed by atoms with Gasteiger partial charge in [0.15, 0.2) is 0 Å². The summed E-state index contributed by atoms with van der Waals surface area (Å²) < 4.78 is 0. The molecule has 1 aromatic heterocycles. The lowest BCUT2D eigenvalue weighted by molar-refractivity contribution is -0.140. The van der Waals surface area contributed by atoms with Gasteiger partial charge in [0.05, 0.1) is 12.2 Å². The minimum Gasteiger partial charge on any atom is -0.328 e. The molecule has 0 saturated carbocycles. The summed E-state index contributed by atoms with van der Waals surface area (Å²) in [5, 5.41) is 0. The Morgan fingerprint density at radius 2 is 1.96 bits per heavy atom. The van der Waals surface area contributed by atoms with E-state index in [2.05, 4.69) is 4.98 Å². The van der Waals surface area contributed by atoms with Gasteiger partial charge in [-0.05, 0) is 44.7 Å². The molecule has 1 saturated heterocycles. The molecule has 0 radical (unpaired) electrons. The first kappa shape index (κ1) is 19.0. The molecule has 1 fully saturated rings. The molecule has 6 nitrogen and oxygen atoms in total. The predicted molar refractivity (Wildman–Crippen MR) is 105 cm³/mol. The summed E-state index contributed by atoms with van der Waals surface area (Å²) in [4.78, 5) is 35.1. The smallest absolute Gasteiger partial charge is 0.246 e. The molecular weight excluding hydrogens is 340 g/mol. The van der Waals surface area contributed by atoms with Gasteiger partial charge >= 0.3 is 0 Å². The third kappa shape index (κ3) is 4.52. The summed E-state index contributed by atoms with van der Waals surface area (Å²) in [7, 11) is 1.89. The average molecular weight is 366 g/mol. The molecule has 3 rings (SSSR count). The van der Waals surface area contributed by atoms with Crippen LogP contribution < -0.4 is 4.90 Å². The third-order valence-corrected chi connectivity index (χ3v) is 4.88. The number of anilines is 1. The van der Waals surface area contributed by atoms with Crippen molar-refractivity contribution in [2.24, 2.45) is 0 Å². The molecule has 1 aliphatic heterocycles. The molecule has 0 N–H and O–H groups in total. The molecular formula is C21H26N4O2. The minimum atomic E-state index is -0.0388. The topological polar surface area (TPSA) is 56.8 Å². The zero-order chi connectivity index (χ0) is 19.4. The number of carbonyl (C=O) groups is 2. The second kappa shape index (κ2) is 8.31. The van der Waals surface area contributed by atoms with Crippen LogP contribution in [0.3, 0.4) is 0 Å². The molecule has 0 unspecified atom stereocenters. The van der Waals surface area contributed by atoms with Gasteiger partial charge in [0, 0.05) is 31.0 Å². The van der Waals surface area contributed by atoms with Crippen molar-refractivity contribution < 1.29 is 9.59 Å². The van der Waals surface area contributed by atoms with Crippen molar-refractivity contribution >= 4 is 17.5 Å². The first-order chi connectivity index (χ1) is 13.0. The highest BCUT2D eigenvalue weighted by molar-refractivity contribution is 5.98. The zero-order valence-electron chi connectivity index (χ0n) is 16.1. The van der Waals surface area contributed by atoms with Gasteiger partial charge in [0.2, 0.25) is 11.8 Å². The van der Waals surface area contributed by atoms with Gasteiger partial charge < -0.3 is 9.80 Å². The number of hydrogen-bond donors (Lipinski definition) is 0. The van der Waals surface area contributed by atoms with Crippen LogP contribution in [0.5, 0.6) is 0 Å². The first-order valence-electron chi connectivity index (χ1n) is 9.19. The van der Waals surface area contributed by atoms with E-state index in [-0.39, 0.29) is 30.9 Å². The van der Waals surface area contributed by atoms with Gasteiger partial charge in [-0.2, -0.15) is 0 Å². The SMILES string of the molecule is Cc1ccccc1N1C[C@@H](C)N(C(=O)CN(C)Cc2ccccn2)CC1=O. The number of benzene rings is 1. The summed E-state index contributed by atoms with van der Waals surface area (Å²) >= 11 is 0. The monoisotopic (exact) mass is 366 g/mol. The molecule has 2 amide bonds. The summed E-state index contributed by atoms with van der Waals surface area (Å²) in [6, 6.07) is 13.6. The van der Waals surface area contributed by atoms with Crippen molar-refractivity contribution in [1.29, 1.82) is 0 Å². The van der Waals surface area contributed by atoms with E-state index in [1.165, 1.54) is 0 Å². The molecule has 1 aliphatic rings. The number of pyridine rings is 1. The summed E-state index contributed by atoms with van der Waals surface area (Å²) in [5.74, 6) is -0.0677. The van der Waals surface area contributed by atoms with Crippen LogP contribution in [0.1, 0.15) is 18.2 Å². The lowest BCUT2D eigenvalue weighted by Crippen LogP contribution is -2.58. The van der Waals surface area contributed by atoms with Crippen molar-refractivity contribution in [3.8, 4) is 0 Å². The van der Waals surface area contributed by atoms with Gasteiger partial charge in [-0.1, -0.05) is 24.3 Å². The number of aryl methyl sites for hydroxylation is 1. The van der Waals surface area contributed by atoms with Crippen molar-refractivity contribution in [3.63, 3.8) is 0 Å². The number of para-hydroxylation sites is 1. The molecule has 1 aromatic carbocycles. The number of nitrogens with zero attached hydrogens (tertiary/aromatic N) is 4. The van der Waals surface area contributed by atoms with Crippen LogP contribution in [0, 0.1) is 6.92 Å². The number of carbonyl (C=O) groups excluding carboxylic acids is 2. The van der Waals surface area contributed by atoms with E-state index in [0.717, 1.165) is 16.9 Å². The Kier molecular flexibility index (Phi) is 5.86. The highest BCUT2D eigenvalue weighted by atomic mass is 16.2. The van der Waals surface area contributed by atoms with Crippen LogP contribution in [-0.2, 0) is 16.1 Å². The maximum atomic E-state index is 12.8. The minimum absolute atomic E-state index is 0.0290. The summed E-state index contributed by atoms with van der Waals surface area (Å²) in [5.41, 5.74) is 2.91. The summed E-state index contributed by atoms with van der Waals surface area (Å²) in [6.45, 7) is 5.48. The molecule has 6 heteroatoms. The number of rotatable bonds is 5. The molecule has 2 aromatic rings. The van der Waals surface area contributed by atoms with E-state index in [9.17, 15) is 9.59 Å². The van der Waals surface area contributed by atoms with Gasteiger partial charge in [-0.25, -0.2) is 0 Å². The highest BCUT2D eigenvalue weighted by Crippen LogP contribution is 2.23. The maximum Gasteiger partial charge on any atom is 0.246 e. The Balaban J connectivity index is 1.62. The normalized spacial score (nSPS) is 17.5. The van der Waals surface area contributed by atoms with Gasteiger partial charge in [-0.15, -0.1) is 0 Å². The lowest BCUT2D eigenvalue weighted by Gasteiger charge is -2.40. The lowest BCUT2D eigenvalue weighted by atomic mass is 10.1. The van der Waals surface area contributed by atoms with E-state index in [1.54, 1.807) is 16.0 Å². The van der Waals surface area contributed by atoms with Crippen molar-refractivity contribution in [3.05, 3.63) is 59.9 Å². The van der Waals surface area contributed by atoms with Crippen molar-refractivity contribution in [1.82, 2.24) is 14.8 Å². The largest absolute Gasteiger partial charge is 0.328 e. The number of aromatic nitrogens is 1. The Morgan fingerprint density at radius 1 is 1.22 bits per heavy atom. The Morgan fingerprint density at radius 3 is 2.67 bits per heavy atom. The highest BCUT2D eigenvalue weighted by Gasteiger charge is 2.33. The molecule has 1 atom stereocenters. The third-order valence-electron chi connectivity index (χ3n) is 4.88. The molecule has 0 bridgehead atoms. The van der Waals surface area contributed by atoms with Gasteiger partial charge in [-0.3, -0.25) is 19.5 Å². The number of hydrogen-bond acceptors (Lipinski definition) is 4. The maximum absolute atomic E-state index is 12.8. The van der Waals surface area contributed by atoms with Gasteiger partial charge in [0.25, 0.3) is 0 Å². The average Bonchev–Trinajstić information content (AvgIpc) is 2.64. The fraction of sp³-hybridized carbons (Fsp3) is 0.381. The van der Waals surface area contributed by atoms with Crippen molar-refractivity contribution in [2.75, 3.05) is 31.6 Å². The molecule has 2 heterocycles. The second-order valence-corrected chi connectivity index (χ2v) is 7.15. The van der Waals surface area contributed by atoms with E-state index in [1.807, 2.05) is 68.3 Å². The molecule has 142 valence electrons. The Labute approximate surface area is 160 Å². The Hall–Kier alpha value is -2.73. The number of likely N-dealkylation sites (N-methyl/N-ethyl adjacent to an activating group) is 1. The van der Waals surface area contributed by atoms with E-state index >= 15 is 0 Å². The van der Waals surface area contributed by atoms with E-state index < -0.39 is 0 Å². The fourth-order valence-electron chi connectivity index (χ4n) is 3.43. The fourth-order valence-corrected chi connectivity index (χ4v) is 3.43. The quantitative estimate of drug-likeness (QED) is 0.813. The van der Waals surface area contributed by atoms with Crippen molar-refractivity contribution in [2.45, 2.75) is 26.4 Å². The van der Waals surface area contributed by atoms with Crippen LogP contribution in [0.15, 0.2) is 48.7 Å². The standard InChI is InChI=1S/C21H26N4O2/c1-16-8-4-5-10-19(16)25-12-17(2)24(15-21(25)27)20(26)14-23(3)13-18-9-6-7-11-22-18/h4-11,17H,12-15H2,1-3H3/t17-/m1/s1. The first-order valence-corrected chi connectivity index (χ1v) is 9.19. The van der Waals surface area contributed by atoms with Gasteiger partial charge in [0.1, 0.15) is 6.54 Å².